The summed E-state index contributed by atoms with van der Waals surface area (Å²) < 4.78 is 7.74. The van der Waals surface area contributed by atoms with E-state index in [4.69, 9.17) is 21.3 Å². The van der Waals surface area contributed by atoms with Gasteiger partial charge in [0.1, 0.15) is 11.6 Å². The van der Waals surface area contributed by atoms with Crippen molar-refractivity contribution in [3.05, 3.63) is 24.0 Å². The van der Waals surface area contributed by atoms with Crippen LogP contribution in [-0.4, -0.2) is 22.5 Å². The fraction of sp³-hybridized carbons (Fsp3) is 0.588. The van der Waals surface area contributed by atoms with Gasteiger partial charge in [0.2, 0.25) is 0 Å². The first kappa shape index (κ1) is 14.7. The number of nitrogens with zero attached hydrogens (tertiary/aromatic N) is 2. The molecule has 114 valence electrons. The summed E-state index contributed by atoms with van der Waals surface area (Å²) in [4.78, 5) is 4.77. The smallest absolute Gasteiger partial charge is 0.121 e. The minimum absolute atomic E-state index is 0.442. The van der Waals surface area contributed by atoms with E-state index < -0.39 is 0 Å². The van der Waals surface area contributed by atoms with Crippen LogP contribution in [-0.2, 0) is 13.0 Å². The molecule has 21 heavy (non-hydrogen) atoms. The number of rotatable bonds is 6. The van der Waals surface area contributed by atoms with Crippen LogP contribution >= 0.6 is 11.6 Å². The van der Waals surface area contributed by atoms with E-state index in [0.717, 1.165) is 30.1 Å². The van der Waals surface area contributed by atoms with Crippen molar-refractivity contribution in [2.24, 2.45) is 11.3 Å². The van der Waals surface area contributed by atoms with Crippen molar-refractivity contribution >= 4 is 22.6 Å². The number of hydrogen-bond acceptors (Lipinski definition) is 2. The molecule has 0 saturated heterocycles. The van der Waals surface area contributed by atoms with Crippen LogP contribution in [0.25, 0.3) is 11.0 Å². The molecule has 0 spiro atoms. The largest absolute Gasteiger partial charge is 0.497 e. The van der Waals surface area contributed by atoms with Gasteiger partial charge in [0.25, 0.3) is 0 Å². The number of imidazole rings is 1. The molecule has 1 aliphatic rings. The molecule has 1 heterocycles. The predicted octanol–water partition coefficient (Wildman–Crippen LogP) is 4.26. The zero-order valence-electron chi connectivity index (χ0n) is 13.0. The van der Waals surface area contributed by atoms with Gasteiger partial charge in [0.05, 0.1) is 18.1 Å². The standard InChI is InChI=1S/C17H23ClN2O/c1-12(2)17(7-8-17)11-20-15-10-13(21-3)4-5-14(15)19-16(20)6-9-18/h4-5,10,12H,6-9,11H2,1-3H3. The molecule has 0 N–H and O–H groups in total. The molecule has 1 aliphatic carbocycles. The minimum atomic E-state index is 0.442. The van der Waals surface area contributed by atoms with Crippen LogP contribution in [0.5, 0.6) is 5.75 Å². The van der Waals surface area contributed by atoms with Crippen LogP contribution in [0.1, 0.15) is 32.5 Å². The van der Waals surface area contributed by atoms with Gasteiger partial charge in [0.15, 0.2) is 0 Å². The highest BCUT2D eigenvalue weighted by molar-refractivity contribution is 6.17. The molecule has 0 aliphatic heterocycles. The van der Waals surface area contributed by atoms with E-state index in [1.807, 2.05) is 12.1 Å². The molecule has 0 unspecified atom stereocenters. The molecular weight excluding hydrogens is 284 g/mol. The number of ether oxygens (including phenoxy) is 1. The number of hydrogen-bond donors (Lipinski definition) is 0. The van der Waals surface area contributed by atoms with Crippen LogP contribution in [0.4, 0.5) is 0 Å². The van der Waals surface area contributed by atoms with Gasteiger partial charge in [-0.25, -0.2) is 4.98 Å². The SMILES string of the molecule is COc1ccc2nc(CCCl)n(CC3(C(C)C)CC3)c2c1. The normalized spacial score (nSPS) is 16.6. The summed E-state index contributed by atoms with van der Waals surface area (Å²) in [5.41, 5.74) is 2.65. The van der Waals surface area contributed by atoms with E-state index in [9.17, 15) is 0 Å². The van der Waals surface area contributed by atoms with Gasteiger partial charge in [-0.1, -0.05) is 13.8 Å². The first-order valence-corrected chi connectivity index (χ1v) is 8.22. The number of alkyl halides is 1. The van der Waals surface area contributed by atoms with E-state index in [1.165, 1.54) is 18.4 Å². The summed E-state index contributed by atoms with van der Waals surface area (Å²) in [6.07, 6.45) is 3.44. The Labute approximate surface area is 131 Å². The van der Waals surface area contributed by atoms with Crippen molar-refractivity contribution in [2.75, 3.05) is 13.0 Å². The summed E-state index contributed by atoms with van der Waals surface area (Å²) in [6.45, 7) is 5.70. The molecule has 3 rings (SSSR count). The monoisotopic (exact) mass is 306 g/mol. The van der Waals surface area contributed by atoms with Gasteiger partial charge in [-0.2, -0.15) is 0 Å². The Morgan fingerprint density at radius 2 is 2.14 bits per heavy atom. The summed E-state index contributed by atoms with van der Waals surface area (Å²) in [6, 6.07) is 6.10. The lowest BCUT2D eigenvalue weighted by molar-refractivity contribution is 0.309. The summed E-state index contributed by atoms with van der Waals surface area (Å²) in [5.74, 6) is 3.29. The first-order valence-electron chi connectivity index (χ1n) is 7.69. The fourth-order valence-corrected chi connectivity index (χ4v) is 3.29. The highest BCUT2D eigenvalue weighted by Crippen LogP contribution is 2.53. The van der Waals surface area contributed by atoms with Crippen molar-refractivity contribution in [1.29, 1.82) is 0 Å². The maximum atomic E-state index is 5.97. The average Bonchev–Trinajstić information content (AvgIpc) is 3.19. The molecule has 0 atom stereocenters. The molecule has 0 radical (unpaired) electrons. The minimum Gasteiger partial charge on any atom is -0.497 e. The van der Waals surface area contributed by atoms with Crippen LogP contribution in [0.2, 0.25) is 0 Å². The zero-order chi connectivity index (χ0) is 15.0. The second-order valence-corrected chi connectivity index (χ2v) is 6.80. The Morgan fingerprint density at radius 3 is 2.71 bits per heavy atom. The lowest BCUT2D eigenvalue weighted by atomic mass is 9.92. The Hall–Kier alpha value is -1.22. The second-order valence-electron chi connectivity index (χ2n) is 6.42. The zero-order valence-corrected chi connectivity index (χ0v) is 13.8. The number of aryl methyl sites for hydroxylation is 1. The van der Waals surface area contributed by atoms with Gasteiger partial charge in [-0.15, -0.1) is 11.6 Å². The predicted molar refractivity (Wildman–Crippen MR) is 87.2 cm³/mol. The maximum Gasteiger partial charge on any atom is 0.121 e. The third-order valence-corrected chi connectivity index (χ3v) is 5.13. The van der Waals surface area contributed by atoms with Crippen LogP contribution in [0.3, 0.4) is 0 Å². The second kappa shape index (κ2) is 5.53. The number of halogens is 1. The van der Waals surface area contributed by atoms with Crippen molar-refractivity contribution < 1.29 is 4.74 Å². The molecule has 3 nitrogen and oxygen atoms in total. The van der Waals surface area contributed by atoms with Crippen LogP contribution in [0.15, 0.2) is 18.2 Å². The molecular formula is C17H23ClN2O. The number of aromatic nitrogens is 2. The third kappa shape index (κ3) is 2.64. The fourth-order valence-electron chi connectivity index (χ4n) is 3.12. The molecule has 0 amide bonds. The molecule has 4 heteroatoms. The molecule has 1 aromatic carbocycles. The van der Waals surface area contributed by atoms with Gasteiger partial charge >= 0.3 is 0 Å². The summed E-state index contributed by atoms with van der Waals surface area (Å²) >= 11 is 5.97. The lowest BCUT2D eigenvalue weighted by Crippen LogP contribution is -2.19. The first-order chi connectivity index (χ1) is 10.1. The Kier molecular flexibility index (Phi) is 3.87. The van der Waals surface area contributed by atoms with Gasteiger partial charge in [-0.05, 0) is 36.3 Å². The summed E-state index contributed by atoms with van der Waals surface area (Å²) in [5, 5.41) is 0. The summed E-state index contributed by atoms with van der Waals surface area (Å²) in [7, 11) is 1.71. The van der Waals surface area contributed by atoms with Gasteiger partial charge < -0.3 is 9.30 Å². The Balaban J connectivity index is 2.06. The number of fused-ring (bicyclic) bond motifs is 1. The van der Waals surface area contributed by atoms with Crippen LogP contribution < -0.4 is 4.74 Å². The molecule has 1 saturated carbocycles. The number of benzene rings is 1. The Bertz CT molecular complexity index is 644. The van der Waals surface area contributed by atoms with E-state index in [1.54, 1.807) is 7.11 Å². The van der Waals surface area contributed by atoms with Crippen LogP contribution in [0, 0.1) is 11.3 Å². The third-order valence-electron chi connectivity index (χ3n) is 4.94. The van der Waals surface area contributed by atoms with Gasteiger partial charge in [-0.3, -0.25) is 0 Å². The quantitative estimate of drug-likeness (QED) is 0.746. The van der Waals surface area contributed by atoms with E-state index in [-0.39, 0.29) is 0 Å². The molecule has 1 aromatic heterocycles. The molecule has 2 aromatic rings. The molecule has 0 bridgehead atoms. The molecule has 1 fully saturated rings. The van der Waals surface area contributed by atoms with E-state index in [0.29, 0.717) is 17.2 Å². The van der Waals surface area contributed by atoms with Crippen molar-refractivity contribution in [2.45, 2.75) is 39.7 Å². The van der Waals surface area contributed by atoms with E-state index >= 15 is 0 Å². The Morgan fingerprint density at radius 1 is 1.38 bits per heavy atom. The van der Waals surface area contributed by atoms with Crippen molar-refractivity contribution in [1.82, 2.24) is 9.55 Å². The van der Waals surface area contributed by atoms with E-state index in [2.05, 4.69) is 24.5 Å². The lowest BCUT2D eigenvalue weighted by Gasteiger charge is -2.22. The highest BCUT2D eigenvalue weighted by atomic mass is 35.5. The van der Waals surface area contributed by atoms with Crippen molar-refractivity contribution in [3.63, 3.8) is 0 Å². The van der Waals surface area contributed by atoms with Crippen molar-refractivity contribution in [3.8, 4) is 5.75 Å². The maximum absolute atomic E-state index is 5.97. The van der Waals surface area contributed by atoms with Gasteiger partial charge in [0, 0.05) is 24.9 Å². The average molecular weight is 307 g/mol. The topological polar surface area (TPSA) is 27.1 Å². The highest BCUT2D eigenvalue weighted by Gasteiger charge is 2.46. The number of methoxy groups -OCH3 is 1.